The first-order chi connectivity index (χ1) is 5.52. The molecule has 1 aromatic heterocycles. The maximum atomic E-state index is 10.2. The Morgan fingerprint density at radius 1 is 1.00 bits per heavy atom. The van der Waals surface area contributed by atoms with Gasteiger partial charge in [-0.25, -0.2) is 0 Å². The molecule has 0 spiro atoms. The lowest BCUT2D eigenvalue weighted by Crippen LogP contribution is -2.14. The normalized spacial score (nSPS) is 9.00. The molecule has 1 heterocycles. The zero-order valence-corrected chi connectivity index (χ0v) is 7.47. The van der Waals surface area contributed by atoms with E-state index >= 15 is 0 Å². The first-order valence-corrected chi connectivity index (χ1v) is 3.57. The van der Waals surface area contributed by atoms with E-state index in [4.69, 9.17) is 0 Å². The van der Waals surface area contributed by atoms with Crippen LogP contribution < -0.4 is 11.1 Å². The maximum absolute atomic E-state index is 10.2. The highest BCUT2D eigenvalue weighted by atomic mass is 16.1. The molecule has 0 fully saturated rings. The summed E-state index contributed by atoms with van der Waals surface area (Å²) in [7, 11) is 0. The van der Waals surface area contributed by atoms with E-state index in [1.165, 1.54) is 18.1 Å². The van der Waals surface area contributed by atoms with Crippen molar-refractivity contribution in [2.45, 2.75) is 20.8 Å². The van der Waals surface area contributed by atoms with Crippen LogP contribution in [0.1, 0.15) is 20.8 Å². The molecule has 0 aliphatic heterocycles. The number of aromatic amines is 2. The minimum atomic E-state index is -0.301. The summed E-state index contributed by atoms with van der Waals surface area (Å²) in [5.41, 5.74) is -0.603. The molecule has 0 aliphatic carbocycles. The van der Waals surface area contributed by atoms with Crippen molar-refractivity contribution in [3.63, 3.8) is 0 Å². The van der Waals surface area contributed by atoms with E-state index in [1.807, 2.05) is 0 Å². The average Bonchev–Trinajstić information content (AvgIpc) is 1.94. The van der Waals surface area contributed by atoms with Gasteiger partial charge < -0.3 is 0 Å². The molecule has 0 amide bonds. The number of H-pyrrole nitrogens is 2. The van der Waals surface area contributed by atoms with Crippen LogP contribution in [0.25, 0.3) is 0 Å². The molecule has 0 atom stereocenters. The van der Waals surface area contributed by atoms with Gasteiger partial charge in [0.1, 0.15) is 0 Å². The fourth-order valence-electron chi connectivity index (χ4n) is 0.358. The van der Waals surface area contributed by atoms with Gasteiger partial charge in [-0.1, -0.05) is 20.8 Å². The Kier molecular flexibility index (Phi) is 4.76. The summed E-state index contributed by atoms with van der Waals surface area (Å²) < 4.78 is 0. The van der Waals surface area contributed by atoms with Crippen LogP contribution >= 0.6 is 0 Å². The van der Waals surface area contributed by atoms with Crippen molar-refractivity contribution in [1.29, 1.82) is 0 Å². The number of hydrogen-bond donors (Lipinski definition) is 2. The van der Waals surface area contributed by atoms with E-state index in [0.29, 0.717) is 0 Å². The van der Waals surface area contributed by atoms with E-state index in [0.717, 1.165) is 0 Å². The lowest BCUT2D eigenvalue weighted by Gasteiger charge is -1.78. The van der Waals surface area contributed by atoms with E-state index in [9.17, 15) is 9.59 Å². The summed E-state index contributed by atoms with van der Waals surface area (Å²) in [5, 5.41) is 4.21. The second-order valence-electron chi connectivity index (χ2n) is 2.81. The van der Waals surface area contributed by atoms with Crippen LogP contribution in [-0.4, -0.2) is 10.2 Å². The molecule has 0 saturated heterocycles. The predicted molar refractivity (Wildman–Crippen MR) is 47.9 cm³/mol. The Bertz CT molecular complexity index is 256. The minimum absolute atomic E-state index is 0.301. The molecule has 1 rings (SSSR count). The summed E-state index contributed by atoms with van der Waals surface area (Å²) in [5.74, 6) is 1.42. The highest BCUT2D eigenvalue weighted by Crippen LogP contribution is 1.85. The standard InChI is InChI=1S/C4H4N2O2.C4H9/c7-3-1-2-4(8)6-5-3;1-4(2)3/h1-2H,(H,5,7)(H,6,8);1-3H3. The summed E-state index contributed by atoms with van der Waals surface area (Å²) in [6, 6.07) is 2.33. The van der Waals surface area contributed by atoms with Crippen molar-refractivity contribution < 1.29 is 0 Å². The first kappa shape index (κ1) is 10.7. The number of hydrogen-bond acceptors (Lipinski definition) is 2. The van der Waals surface area contributed by atoms with Crippen LogP contribution in [0.5, 0.6) is 0 Å². The lowest BCUT2D eigenvalue weighted by molar-refractivity contribution is 0.952. The highest BCUT2D eigenvalue weighted by Gasteiger charge is 1.77. The predicted octanol–water partition coefficient (Wildman–Crippen LogP) is 0.684. The molecule has 0 saturated carbocycles. The van der Waals surface area contributed by atoms with E-state index < -0.39 is 0 Å². The van der Waals surface area contributed by atoms with E-state index in [2.05, 4.69) is 31.0 Å². The molecule has 4 heteroatoms. The second kappa shape index (κ2) is 5.35. The topological polar surface area (TPSA) is 65.7 Å². The third-order valence-corrected chi connectivity index (χ3v) is 0.695. The minimum Gasteiger partial charge on any atom is -0.268 e. The molecule has 2 N–H and O–H groups in total. The Balaban J connectivity index is 0.000000261. The smallest absolute Gasteiger partial charge is 0.262 e. The summed E-state index contributed by atoms with van der Waals surface area (Å²) in [6.45, 7) is 6.25. The Morgan fingerprint density at radius 2 is 1.25 bits per heavy atom. The molecule has 0 aliphatic rings. The SMILES string of the molecule is C[C](C)C.O=c1ccc(=O)[nH][nH]1. The van der Waals surface area contributed by atoms with Crippen molar-refractivity contribution in [1.82, 2.24) is 10.2 Å². The van der Waals surface area contributed by atoms with Crippen molar-refractivity contribution in [3.05, 3.63) is 38.8 Å². The molecule has 67 valence electrons. The number of nitrogens with one attached hydrogen (secondary N) is 2. The van der Waals surface area contributed by atoms with Gasteiger partial charge in [0.05, 0.1) is 0 Å². The van der Waals surface area contributed by atoms with Gasteiger partial charge in [0, 0.05) is 12.1 Å². The molecule has 1 radical (unpaired) electrons. The largest absolute Gasteiger partial charge is 0.268 e. The fraction of sp³-hybridized carbons (Fsp3) is 0.375. The van der Waals surface area contributed by atoms with E-state index in [1.54, 1.807) is 0 Å². The quantitative estimate of drug-likeness (QED) is 0.600. The molecule has 0 unspecified atom stereocenters. The fourth-order valence-corrected chi connectivity index (χ4v) is 0.358. The van der Waals surface area contributed by atoms with Crippen LogP contribution in [0.4, 0.5) is 0 Å². The van der Waals surface area contributed by atoms with Crippen molar-refractivity contribution >= 4 is 0 Å². The van der Waals surface area contributed by atoms with Gasteiger partial charge in [-0.05, 0) is 5.92 Å². The van der Waals surface area contributed by atoms with Crippen molar-refractivity contribution in [2.24, 2.45) is 0 Å². The van der Waals surface area contributed by atoms with Gasteiger partial charge in [0.15, 0.2) is 0 Å². The van der Waals surface area contributed by atoms with Crippen LogP contribution in [-0.2, 0) is 0 Å². The Morgan fingerprint density at radius 3 is 1.42 bits per heavy atom. The third kappa shape index (κ3) is 6.80. The molecular formula is C8H13N2O2. The maximum Gasteiger partial charge on any atom is 0.262 e. The molecule has 12 heavy (non-hydrogen) atoms. The van der Waals surface area contributed by atoms with Gasteiger partial charge in [-0.3, -0.25) is 19.8 Å². The van der Waals surface area contributed by atoms with Crippen LogP contribution in [0.2, 0.25) is 0 Å². The summed E-state index contributed by atoms with van der Waals surface area (Å²) in [4.78, 5) is 20.4. The zero-order chi connectivity index (χ0) is 9.56. The third-order valence-electron chi connectivity index (χ3n) is 0.695. The Labute approximate surface area is 70.6 Å². The van der Waals surface area contributed by atoms with Crippen molar-refractivity contribution in [3.8, 4) is 0 Å². The summed E-state index contributed by atoms with van der Waals surface area (Å²) >= 11 is 0. The number of rotatable bonds is 0. The lowest BCUT2D eigenvalue weighted by atomic mass is 10.3. The zero-order valence-electron chi connectivity index (χ0n) is 7.47. The van der Waals surface area contributed by atoms with E-state index in [-0.39, 0.29) is 11.1 Å². The van der Waals surface area contributed by atoms with Crippen LogP contribution in [0, 0.1) is 5.92 Å². The van der Waals surface area contributed by atoms with Gasteiger partial charge >= 0.3 is 0 Å². The molecule has 4 nitrogen and oxygen atoms in total. The van der Waals surface area contributed by atoms with Gasteiger partial charge in [0.25, 0.3) is 11.1 Å². The number of aromatic nitrogens is 2. The van der Waals surface area contributed by atoms with Gasteiger partial charge in [-0.15, -0.1) is 0 Å². The second-order valence-corrected chi connectivity index (χ2v) is 2.81. The first-order valence-electron chi connectivity index (χ1n) is 3.57. The van der Waals surface area contributed by atoms with Crippen LogP contribution in [0.15, 0.2) is 21.7 Å². The molecule has 0 bridgehead atoms. The Hall–Kier alpha value is -1.32. The van der Waals surface area contributed by atoms with Gasteiger partial charge in [-0.2, -0.15) is 0 Å². The van der Waals surface area contributed by atoms with Crippen LogP contribution in [0.3, 0.4) is 0 Å². The van der Waals surface area contributed by atoms with Gasteiger partial charge in [0.2, 0.25) is 0 Å². The highest BCUT2D eigenvalue weighted by molar-refractivity contribution is 4.82. The molecule has 1 aromatic rings. The summed E-state index contributed by atoms with van der Waals surface area (Å²) in [6.07, 6.45) is 0. The molecular weight excluding hydrogens is 156 g/mol. The van der Waals surface area contributed by atoms with Crippen molar-refractivity contribution in [2.75, 3.05) is 0 Å². The molecule has 0 aromatic carbocycles. The monoisotopic (exact) mass is 169 g/mol. The average molecular weight is 169 g/mol.